The molecule has 1 fully saturated rings. The van der Waals surface area contributed by atoms with Crippen LogP contribution in [0, 0.1) is 11.3 Å². The van der Waals surface area contributed by atoms with Crippen molar-refractivity contribution in [2.75, 3.05) is 13.1 Å². The predicted octanol–water partition coefficient (Wildman–Crippen LogP) is 2.87. The van der Waals surface area contributed by atoms with Gasteiger partial charge in [-0.2, -0.15) is 5.26 Å². The van der Waals surface area contributed by atoms with Crippen molar-refractivity contribution < 1.29 is 18.7 Å². The van der Waals surface area contributed by atoms with E-state index in [2.05, 4.69) is 9.97 Å². The van der Waals surface area contributed by atoms with Gasteiger partial charge in [0.1, 0.15) is 17.3 Å². The van der Waals surface area contributed by atoms with Crippen LogP contribution in [-0.2, 0) is 0 Å². The van der Waals surface area contributed by atoms with Gasteiger partial charge >= 0.3 is 0 Å². The number of carbonyl (C=O) groups is 1. The average molecular weight is 383 g/mol. The van der Waals surface area contributed by atoms with Gasteiger partial charge in [-0.1, -0.05) is 0 Å². The van der Waals surface area contributed by atoms with Gasteiger partial charge in [-0.25, -0.2) is 18.7 Å². The molecule has 0 unspecified atom stereocenters. The first kappa shape index (κ1) is 17.9. The van der Waals surface area contributed by atoms with Crippen LogP contribution in [0.5, 0.6) is 5.88 Å². The molecule has 4 rings (SSSR count). The number of piperidine rings is 1. The van der Waals surface area contributed by atoms with Crippen LogP contribution >= 0.6 is 0 Å². The normalized spacial score (nSPS) is 16.1. The molecular formula is C19H15F2N5O2. The maximum atomic E-state index is 13.3. The van der Waals surface area contributed by atoms with Gasteiger partial charge in [-0.3, -0.25) is 9.36 Å². The van der Waals surface area contributed by atoms with Crippen molar-refractivity contribution in [3.63, 3.8) is 0 Å². The van der Waals surface area contributed by atoms with Gasteiger partial charge in [-0.15, -0.1) is 0 Å². The summed E-state index contributed by atoms with van der Waals surface area (Å²) in [6, 6.07) is 6.76. The number of nitriles is 1. The van der Waals surface area contributed by atoms with E-state index in [0.717, 1.165) is 0 Å². The number of fused-ring (bicyclic) bond motifs is 1. The van der Waals surface area contributed by atoms with E-state index in [0.29, 0.717) is 22.3 Å². The molecule has 1 saturated heterocycles. The molecule has 3 aromatic rings. The molecule has 4 heterocycles. The minimum Gasteiger partial charge on any atom is -0.492 e. The summed E-state index contributed by atoms with van der Waals surface area (Å²) in [6.45, 7) is 0.0298. The zero-order chi connectivity index (χ0) is 19.9. The second-order valence-electron chi connectivity index (χ2n) is 6.65. The molecule has 1 N–H and O–H groups in total. The first-order chi connectivity index (χ1) is 13.4. The van der Waals surface area contributed by atoms with Gasteiger partial charge in [0.05, 0.1) is 17.4 Å². The van der Waals surface area contributed by atoms with Gasteiger partial charge in [0.2, 0.25) is 5.88 Å². The number of carbonyl (C=O) groups excluding carboxylic acids is 1. The fourth-order valence-corrected chi connectivity index (χ4v) is 3.23. The Morgan fingerprint density at radius 2 is 1.96 bits per heavy atom. The lowest BCUT2D eigenvalue weighted by molar-refractivity contribution is -0.0494. The van der Waals surface area contributed by atoms with Crippen LogP contribution in [0.1, 0.15) is 28.8 Å². The van der Waals surface area contributed by atoms with Crippen molar-refractivity contribution in [3.05, 3.63) is 47.9 Å². The highest BCUT2D eigenvalue weighted by Gasteiger charge is 2.35. The van der Waals surface area contributed by atoms with Crippen molar-refractivity contribution in [3.8, 4) is 17.6 Å². The van der Waals surface area contributed by atoms with Crippen molar-refractivity contribution in [1.29, 1.82) is 5.26 Å². The largest absolute Gasteiger partial charge is 0.492 e. The third-order valence-electron chi connectivity index (χ3n) is 4.81. The molecule has 0 atom stereocenters. The Labute approximate surface area is 158 Å². The zero-order valence-corrected chi connectivity index (χ0v) is 14.6. The first-order valence-corrected chi connectivity index (χ1v) is 8.62. The van der Waals surface area contributed by atoms with Crippen LogP contribution in [-0.4, -0.2) is 49.5 Å². The molecule has 7 nitrogen and oxygen atoms in total. The van der Waals surface area contributed by atoms with Gasteiger partial charge < -0.3 is 10.0 Å². The van der Waals surface area contributed by atoms with Crippen molar-refractivity contribution in [2.24, 2.45) is 0 Å². The highest BCUT2D eigenvalue weighted by Crippen LogP contribution is 2.29. The summed E-state index contributed by atoms with van der Waals surface area (Å²) in [5.74, 6) is -3.39. The number of aromatic nitrogens is 3. The van der Waals surface area contributed by atoms with E-state index < -0.39 is 5.92 Å². The van der Waals surface area contributed by atoms with E-state index in [-0.39, 0.29) is 43.3 Å². The van der Waals surface area contributed by atoms with Gasteiger partial charge in [0.25, 0.3) is 11.8 Å². The third-order valence-corrected chi connectivity index (χ3v) is 4.81. The second-order valence-corrected chi connectivity index (χ2v) is 6.65. The van der Waals surface area contributed by atoms with Gasteiger partial charge in [-0.05, 0) is 18.2 Å². The van der Waals surface area contributed by atoms with Crippen molar-refractivity contribution >= 4 is 16.9 Å². The van der Waals surface area contributed by atoms with E-state index in [4.69, 9.17) is 5.26 Å². The molecule has 9 heteroatoms. The maximum Gasteiger partial charge on any atom is 0.255 e. The van der Waals surface area contributed by atoms with Crippen LogP contribution in [0.3, 0.4) is 0 Å². The second kappa shape index (κ2) is 6.56. The SMILES string of the molecule is N#Cc1cc(-n2ccc3cc(C(=O)N4CCC(F)(F)CC4)cnc32)cnc1O. The highest BCUT2D eigenvalue weighted by molar-refractivity contribution is 5.97. The minimum atomic E-state index is -2.71. The molecule has 1 aliphatic heterocycles. The molecule has 28 heavy (non-hydrogen) atoms. The molecule has 0 aromatic carbocycles. The lowest BCUT2D eigenvalue weighted by Crippen LogP contribution is -2.42. The monoisotopic (exact) mass is 383 g/mol. The van der Waals surface area contributed by atoms with E-state index >= 15 is 0 Å². The van der Waals surface area contributed by atoms with Crippen LogP contribution in [0.25, 0.3) is 16.7 Å². The molecule has 142 valence electrons. The predicted molar refractivity (Wildman–Crippen MR) is 95.3 cm³/mol. The first-order valence-electron chi connectivity index (χ1n) is 8.62. The average Bonchev–Trinajstić information content (AvgIpc) is 3.11. The summed E-state index contributed by atoms with van der Waals surface area (Å²) in [5, 5.41) is 19.3. The van der Waals surface area contributed by atoms with Crippen molar-refractivity contribution in [1.82, 2.24) is 19.4 Å². The Balaban J connectivity index is 1.63. The molecule has 3 aromatic heterocycles. The lowest BCUT2D eigenvalue weighted by atomic mass is 10.1. The smallest absolute Gasteiger partial charge is 0.255 e. The number of alkyl halides is 2. The molecular weight excluding hydrogens is 368 g/mol. The van der Waals surface area contributed by atoms with Crippen LogP contribution in [0.4, 0.5) is 8.78 Å². The van der Waals surface area contributed by atoms with E-state index in [1.807, 2.05) is 6.07 Å². The molecule has 0 radical (unpaired) electrons. The molecule has 1 aliphatic rings. The van der Waals surface area contributed by atoms with E-state index in [1.54, 1.807) is 22.9 Å². The quantitative estimate of drug-likeness (QED) is 0.734. The fourth-order valence-electron chi connectivity index (χ4n) is 3.23. The summed E-state index contributed by atoms with van der Waals surface area (Å²) in [4.78, 5) is 22.2. The number of halogens is 2. The Morgan fingerprint density at radius 1 is 1.21 bits per heavy atom. The molecule has 0 aliphatic carbocycles. The number of aromatic hydroxyl groups is 1. The standard InChI is InChI=1S/C19H15F2N5O2/c20-19(21)2-5-25(6-3-19)18(28)14-7-12-1-4-26(16(12)23-10-14)15-8-13(9-22)17(27)24-11-15/h1,4,7-8,10-11H,2-3,5-6H2,(H,24,27). The van der Waals surface area contributed by atoms with E-state index in [1.165, 1.54) is 23.4 Å². The Hall–Kier alpha value is -3.54. The van der Waals surface area contributed by atoms with Gasteiger partial charge in [0.15, 0.2) is 0 Å². The zero-order valence-electron chi connectivity index (χ0n) is 14.6. The lowest BCUT2D eigenvalue weighted by Gasteiger charge is -2.31. The Kier molecular flexibility index (Phi) is 4.19. The number of amides is 1. The van der Waals surface area contributed by atoms with Crippen LogP contribution < -0.4 is 0 Å². The molecule has 1 amide bonds. The fraction of sp³-hybridized carbons (Fsp3) is 0.263. The number of pyridine rings is 2. The number of hydrogen-bond donors (Lipinski definition) is 1. The molecule has 0 saturated carbocycles. The minimum absolute atomic E-state index is 0.0149. The number of nitrogens with zero attached hydrogens (tertiary/aromatic N) is 5. The Morgan fingerprint density at radius 3 is 2.68 bits per heavy atom. The van der Waals surface area contributed by atoms with Crippen molar-refractivity contribution in [2.45, 2.75) is 18.8 Å². The highest BCUT2D eigenvalue weighted by atomic mass is 19.3. The summed E-state index contributed by atoms with van der Waals surface area (Å²) in [6.07, 6.45) is 3.86. The summed E-state index contributed by atoms with van der Waals surface area (Å²) < 4.78 is 28.3. The van der Waals surface area contributed by atoms with Gasteiger partial charge in [0, 0.05) is 43.7 Å². The number of likely N-dealkylation sites (tertiary alicyclic amines) is 1. The van der Waals surface area contributed by atoms with Crippen LogP contribution in [0.2, 0.25) is 0 Å². The third kappa shape index (κ3) is 3.13. The Bertz CT molecular complexity index is 1110. The maximum absolute atomic E-state index is 13.3. The molecule has 0 bridgehead atoms. The molecule has 0 spiro atoms. The summed E-state index contributed by atoms with van der Waals surface area (Å²) >= 11 is 0. The van der Waals surface area contributed by atoms with E-state index in [9.17, 15) is 18.7 Å². The topological polar surface area (TPSA) is 95.0 Å². The summed E-state index contributed by atoms with van der Waals surface area (Å²) in [5.41, 5.74) is 1.44. The van der Waals surface area contributed by atoms with Crippen LogP contribution in [0.15, 0.2) is 36.8 Å². The number of rotatable bonds is 2. The number of hydrogen-bond acceptors (Lipinski definition) is 5. The summed E-state index contributed by atoms with van der Waals surface area (Å²) in [7, 11) is 0.